The molecule has 112 valence electrons. The number of rotatable bonds is 5. The Kier molecular flexibility index (Phi) is 7.87. The van der Waals surface area contributed by atoms with Crippen LogP contribution in [-0.4, -0.2) is 36.6 Å². The molecule has 0 aliphatic heterocycles. The van der Waals surface area contributed by atoms with Gasteiger partial charge in [0, 0.05) is 24.4 Å². The van der Waals surface area contributed by atoms with E-state index in [1.807, 2.05) is 18.8 Å². The van der Waals surface area contributed by atoms with Crippen molar-refractivity contribution >= 4 is 41.7 Å². The normalized spacial score (nSPS) is 33.7. The van der Waals surface area contributed by atoms with Gasteiger partial charge < -0.3 is 10.6 Å². The summed E-state index contributed by atoms with van der Waals surface area (Å²) in [6.45, 7) is 2.27. The van der Waals surface area contributed by atoms with E-state index in [4.69, 9.17) is 0 Å². The molecule has 0 bridgehead atoms. The number of aliphatic imine (C=N–C) groups is 1. The van der Waals surface area contributed by atoms with Crippen LogP contribution in [0.3, 0.4) is 0 Å². The Morgan fingerprint density at radius 3 is 2.63 bits per heavy atom. The Morgan fingerprint density at radius 1 is 1.26 bits per heavy atom. The van der Waals surface area contributed by atoms with E-state index in [0.29, 0.717) is 12.1 Å². The molecule has 2 N–H and O–H groups in total. The van der Waals surface area contributed by atoms with Gasteiger partial charge in [0.2, 0.25) is 0 Å². The summed E-state index contributed by atoms with van der Waals surface area (Å²) in [5.74, 6) is 1.90. The minimum Gasteiger partial charge on any atom is -0.354 e. The van der Waals surface area contributed by atoms with Crippen molar-refractivity contribution in [2.24, 2.45) is 10.9 Å². The second-order valence-electron chi connectivity index (χ2n) is 5.62. The highest BCUT2D eigenvalue weighted by Gasteiger charge is 2.37. The van der Waals surface area contributed by atoms with Gasteiger partial charge in [-0.3, -0.25) is 4.99 Å². The zero-order valence-corrected chi connectivity index (χ0v) is 15.5. The third-order valence-corrected chi connectivity index (χ3v) is 5.28. The van der Waals surface area contributed by atoms with E-state index < -0.39 is 0 Å². The van der Waals surface area contributed by atoms with Crippen molar-refractivity contribution < 1.29 is 0 Å². The van der Waals surface area contributed by atoms with Gasteiger partial charge >= 0.3 is 0 Å². The molecule has 4 unspecified atom stereocenters. The summed E-state index contributed by atoms with van der Waals surface area (Å²) < 4.78 is 0. The van der Waals surface area contributed by atoms with E-state index in [9.17, 15) is 0 Å². The second kappa shape index (κ2) is 8.60. The van der Waals surface area contributed by atoms with Crippen LogP contribution in [0.5, 0.6) is 0 Å². The molecule has 0 radical (unpaired) electrons. The molecule has 2 aliphatic rings. The molecule has 3 nitrogen and oxygen atoms in total. The highest BCUT2D eigenvalue weighted by atomic mass is 127. The van der Waals surface area contributed by atoms with Gasteiger partial charge in [0.25, 0.3) is 0 Å². The Morgan fingerprint density at radius 2 is 2.05 bits per heavy atom. The predicted octanol–water partition coefficient (Wildman–Crippen LogP) is 3.24. The zero-order valence-electron chi connectivity index (χ0n) is 12.3. The van der Waals surface area contributed by atoms with Crippen LogP contribution in [-0.2, 0) is 0 Å². The smallest absolute Gasteiger partial charge is 0.191 e. The van der Waals surface area contributed by atoms with Crippen molar-refractivity contribution in [2.75, 3.05) is 13.3 Å². The van der Waals surface area contributed by atoms with Crippen LogP contribution in [0.4, 0.5) is 0 Å². The van der Waals surface area contributed by atoms with Crippen LogP contribution in [0.15, 0.2) is 4.99 Å². The van der Waals surface area contributed by atoms with Crippen molar-refractivity contribution in [1.82, 2.24) is 10.6 Å². The summed E-state index contributed by atoms with van der Waals surface area (Å²) in [7, 11) is 1.88. The summed E-state index contributed by atoms with van der Waals surface area (Å²) in [6.07, 6.45) is 10.1. The maximum Gasteiger partial charge on any atom is 0.191 e. The quantitative estimate of drug-likeness (QED) is 0.425. The van der Waals surface area contributed by atoms with Gasteiger partial charge in [-0.1, -0.05) is 13.3 Å². The van der Waals surface area contributed by atoms with Crippen molar-refractivity contribution in [3.8, 4) is 0 Å². The number of nitrogens with zero attached hydrogens (tertiary/aromatic N) is 1. The summed E-state index contributed by atoms with van der Waals surface area (Å²) >= 11 is 2.00. The second-order valence-corrected chi connectivity index (χ2v) is 6.76. The Bertz CT molecular complexity index is 298. The number of guanidine groups is 1. The van der Waals surface area contributed by atoms with Crippen LogP contribution >= 0.6 is 35.7 Å². The molecular formula is C14H28IN3S. The van der Waals surface area contributed by atoms with Crippen LogP contribution in [0.1, 0.15) is 45.4 Å². The standard InChI is InChI=1S/C14H27N3S.HI/c1-4-5-10-8-13(10)17-14(15-2)16-11-6-7-12(9-11)18-3;/h10-13H,4-9H2,1-3H3,(H2,15,16,17);1H. The van der Waals surface area contributed by atoms with Gasteiger partial charge in [-0.15, -0.1) is 24.0 Å². The van der Waals surface area contributed by atoms with Crippen molar-refractivity contribution in [3.63, 3.8) is 0 Å². The average Bonchev–Trinajstić information content (AvgIpc) is 2.93. The molecule has 4 atom stereocenters. The molecular weight excluding hydrogens is 369 g/mol. The summed E-state index contributed by atoms with van der Waals surface area (Å²) in [5.41, 5.74) is 0. The third kappa shape index (κ3) is 5.33. The number of thioether (sulfide) groups is 1. The largest absolute Gasteiger partial charge is 0.354 e. The lowest BCUT2D eigenvalue weighted by Crippen LogP contribution is -2.43. The molecule has 2 aliphatic carbocycles. The minimum atomic E-state index is 0. The first-order valence-electron chi connectivity index (χ1n) is 7.29. The summed E-state index contributed by atoms with van der Waals surface area (Å²) in [6, 6.07) is 1.30. The average molecular weight is 397 g/mol. The molecule has 5 heteroatoms. The molecule has 2 rings (SSSR count). The highest BCUT2D eigenvalue weighted by Crippen LogP contribution is 2.34. The van der Waals surface area contributed by atoms with Crippen LogP contribution in [0.2, 0.25) is 0 Å². The first kappa shape index (κ1) is 17.4. The maximum atomic E-state index is 4.36. The first-order valence-corrected chi connectivity index (χ1v) is 8.58. The molecule has 0 aromatic rings. The Balaban J connectivity index is 0.00000180. The lowest BCUT2D eigenvalue weighted by Gasteiger charge is -2.17. The van der Waals surface area contributed by atoms with Crippen LogP contribution in [0.25, 0.3) is 0 Å². The van der Waals surface area contributed by atoms with Crippen LogP contribution in [0, 0.1) is 5.92 Å². The van der Waals surface area contributed by atoms with Gasteiger partial charge in [-0.2, -0.15) is 11.8 Å². The molecule has 0 spiro atoms. The van der Waals surface area contributed by atoms with Crippen molar-refractivity contribution in [2.45, 2.75) is 62.8 Å². The monoisotopic (exact) mass is 397 g/mol. The van der Waals surface area contributed by atoms with Crippen molar-refractivity contribution in [1.29, 1.82) is 0 Å². The lowest BCUT2D eigenvalue weighted by atomic mass is 10.2. The van der Waals surface area contributed by atoms with E-state index in [2.05, 4.69) is 28.8 Å². The number of hydrogen-bond donors (Lipinski definition) is 2. The maximum absolute atomic E-state index is 4.36. The van der Waals surface area contributed by atoms with Crippen LogP contribution < -0.4 is 10.6 Å². The molecule has 0 aromatic heterocycles. The zero-order chi connectivity index (χ0) is 13.0. The van der Waals surface area contributed by atoms with E-state index in [1.54, 1.807) is 0 Å². The van der Waals surface area contributed by atoms with Gasteiger partial charge in [-0.05, 0) is 44.3 Å². The molecule has 0 heterocycles. The van der Waals surface area contributed by atoms with Crippen molar-refractivity contribution in [3.05, 3.63) is 0 Å². The van der Waals surface area contributed by atoms with E-state index in [0.717, 1.165) is 17.1 Å². The first-order chi connectivity index (χ1) is 8.76. The fourth-order valence-corrected chi connectivity index (χ4v) is 3.74. The highest BCUT2D eigenvalue weighted by molar-refractivity contribution is 14.0. The molecule has 2 saturated carbocycles. The van der Waals surface area contributed by atoms with E-state index in [-0.39, 0.29) is 24.0 Å². The molecule has 19 heavy (non-hydrogen) atoms. The number of halogens is 1. The van der Waals surface area contributed by atoms with Gasteiger partial charge in [0.05, 0.1) is 0 Å². The molecule has 0 saturated heterocycles. The Labute approximate surface area is 139 Å². The number of hydrogen-bond acceptors (Lipinski definition) is 2. The third-order valence-electron chi connectivity index (χ3n) is 4.19. The Hall–Kier alpha value is 0.350. The molecule has 0 amide bonds. The SMILES string of the molecule is CCCC1CC1NC(=NC)NC1CCC(SC)C1.I. The topological polar surface area (TPSA) is 36.4 Å². The fraction of sp³-hybridized carbons (Fsp3) is 0.929. The fourth-order valence-electron chi connectivity index (χ4n) is 2.94. The lowest BCUT2D eigenvalue weighted by molar-refractivity contribution is 0.603. The van der Waals surface area contributed by atoms with Gasteiger partial charge in [0.1, 0.15) is 0 Å². The van der Waals surface area contributed by atoms with E-state index in [1.165, 1.54) is 38.5 Å². The number of nitrogens with one attached hydrogen (secondary N) is 2. The predicted molar refractivity (Wildman–Crippen MR) is 96.8 cm³/mol. The summed E-state index contributed by atoms with van der Waals surface area (Å²) in [4.78, 5) is 4.36. The minimum absolute atomic E-state index is 0. The van der Waals surface area contributed by atoms with Gasteiger partial charge in [-0.25, -0.2) is 0 Å². The van der Waals surface area contributed by atoms with E-state index >= 15 is 0 Å². The molecule has 0 aromatic carbocycles. The molecule has 2 fully saturated rings. The van der Waals surface area contributed by atoms with Gasteiger partial charge in [0.15, 0.2) is 5.96 Å². The summed E-state index contributed by atoms with van der Waals surface area (Å²) in [5, 5.41) is 8.00.